The summed E-state index contributed by atoms with van der Waals surface area (Å²) in [6.07, 6.45) is 3.48. The molecule has 0 radical (unpaired) electrons. The SMILES string of the molecule is CCCCN1CC[C@@H](CNC(=O)c2cc(Cl)c(OC)c3c2OCCO3)C(OC)C1. The van der Waals surface area contributed by atoms with Crippen LogP contribution in [0.2, 0.25) is 5.02 Å². The molecular weight excluding hydrogens is 396 g/mol. The van der Waals surface area contributed by atoms with E-state index in [1.165, 1.54) is 20.0 Å². The molecule has 1 N–H and O–H groups in total. The smallest absolute Gasteiger partial charge is 0.255 e. The van der Waals surface area contributed by atoms with Crippen LogP contribution in [0.25, 0.3) is 0 Å². The number of hydrogen-bond acceptors (Lipinski definition) is 6. The van der Waals surface area contributed by atoms with Gasteiger partial charge in [0, 0.05) is 26.1 Å². The van der Waals surface area contributed by atoms with E-state index in [0.717, 1.165) is 26.1 Å². The van der Waals surface area contributed by atoms with E-state index in [2.05, 4.69) is 17.1 Å². The van der Waals surface area contributed by atoms with Gasteiger partial charge in [-0.2, -0.15) is 0 Å². The number of nitrogens with zero attached hydrogens (tertiary/aromatic N) is 1. The Kier molecular flexibility index (Phi) is 7.86. The molecule has 0 bridgehead atoms. The Morgan fingerprint density at radius 3 is 2.76 bits per heavy atom. The maximum atomic E-state index is 12.9. The quantitative estimate of drug-likeness (QED) is 0.689. The molecule has 1 saturated heterocycles. The van der Waals surface area contributed by atoms with Crippen LogP contribution in [0.15, 0.2) is 6.07 Å². The number of halogens is 1. The number of carbonyl (C=O) groups is 1. The van der Waals surface area contributed by atoms with Crippen molar-refractivity contribution in [2.24, 2.45) is 5.92 Å². The van der Waals surface area contributed by atoms with Crippen molar-refractivity contribution < 1.29 is 23.7 Å². The second-order valence-corrected chi connectivity index (χ2v) is 7.89. The number of fused-ring (bicyclic) bond motifs is 1. The second-order valence-electron chi connectivity index (χ2n) is 7.48. The van der Waals surface area contributed by atoms with Gasteiger partial charge in [-0.25, -0.2) is 0 Å². The molecule has 7 nitrogen and oxygen atoms in total. The van der Waals surface area contributed by atoms with E-state index in [9.17, 15) is 4.79 Å². The summed E-state index contributed by atoms with van der Waals surface area (Å²) in [7, 11) is 3.25. The number of methoxy groups -OCH3 is 2. The molecule has 3 rings (SSSR count). The summed E-state index contributed by atoms with van der Waals surface area (Å²) in [5.41, 5.74) is 0.361. The van der Waals surface area contributed by atoms with Crippen molar-refractivity contribution in [2.45, 2.75) is 32.3 Å². The lowest BCUT2D eigenvalue weighted by Gasteiger charge is -2.38. The third kappa shape index (κ3) is 5.08. The van der Waals surface area contributed by atoms with Crippen LogP contribution in [-0.2, 0) is 4.74 Å². The highest BCUT2D eigenvalue weighted by molar-refractivity contribution is 6.33. The molecule has 2 atom stereocenters. The first-order valence-corrected chi connectivity index (χ1v) is 10.7. The summed E-state index contributed by atoms with van der Waals surface area (Å²) in [6.45, 7) is 6.53. The zero-order valence-electron chi connectivity index (χ0n) is 17.5. The Balaban J connectivity index is 1.66. The standard InChI is InChI=1S/C21H31ClN2O5/c1-4-5-7-24-8-6-14(17(13-24)26-2)12-23-21(25)15-11-16(22)19(27-3)20-18(15)28-9-10-29-20/h11,14,17H,4-10,12-13H2,1-3H3,(H,23,25)/t14-,17?/m0/s1. The number of amides is 1. The predicted molar refractivity (Wildman–Crippen MR) is 112 cm³/mol. The minimum atomic E-state index is -0.237. The fraction of sp³-hybridized carbons (Fsp3) is 0.667. The van der Waals surface area contributed by atoms with Crippen molar-refractivity contribution in [3.63, 3.8) is 0 Å². The molecular formula is C21H31ClN2O5. The zero-order chi connectivity index (χ0) is 20.8. The molecule has 0 aromatic heterocycles. The molecule has 1 aromatic carbocycles. The van der Waals surface area contributed by atoms with Crippen LogP contribution in [0.1, 0.15) is 36.5 Å². The lowest BCUT2D eigenvalue weighted by molar-refractivity contribution is -0.0106. The number of unbranched alkanes of at least 4 members (excludes halogenated alkanes) is 1. The number of piperidine rings is 1. The number of carbonyl (C=O) groups excluding carboxylic acids is 1. The van der Waals surface area contributed by atoms with Gasteiger partial charge in [0.2, 0.25) is 5.75 Å². The molecule has 1 aromatic rings. The van der Waals surface area contributed by atoms with Crippen LogP contribution in [-0.4, -0.2) is 70.5 Å². The Morgan fingerprint density at radius 2 is 2.07 bits per heavy atom. The first-order valence-electron chi connectivity index (χ1n) is 10.3. The number of benzene rings is 1. The van der Waals surface area contributed by atoms with E-state index in [0.29, 0.717) is 47.6 Å². The van der Waals surface area contributed by atoms with Crippen LogP contribution < -0.4 is 19.5 Å². The van der Waals surface area contributed by atoms with Crippen LogP contribution in [0.3, 0.4) is 0 Å². The van der Waals surface area contributed by atoms with Gasteiger partial charge in [-0.15, -0.1) is 0 Å². The van der Waals surface area contributed by atoms with Crippen molar-refractivity contribution >= 4 is 17.5 Å². The first kappa shape index (κ1) is 22.0. The number of ether oxygens (including phenoxy) is 4. The molecule has 162 valence electrons. The maximum absolute atomic E-state index is 12.9. The third-order valence-electron chi connectivity index (χ3n) is 5.61. The zero-order valence-corrected chi connectivity index (χ0v) is 18.2. The van der Waals surface area contributed by atoms with Crippen molar-refractivity contribution in [3.8, 4) is 17.2 Å². The van der Waals surface area contributed by atoms with Crippen molar-refractivity contribution in [3.05, 3.63) is 16.7 Å². The lowest BCUT2D eigenvalue weighted by Crippen LogP contribution is -2.48. The molecule has 1 amide bonds. The van der Waals surface area contributed by atoms with Crippen LogP contribution in [0, 0.1) is 5.92 Å². The van der Waals surface area contributed by atoms with Gasteiger partial charge < -0.3 is 29.2 Å². The van der Waals surface area contributed by atoms with E-state index in [1.54, 1.807) is 13.2 Å². The summed E-state index contributed by atoms with van der Waals surface area (Å²) < 4.78 is 22.4. The summed E-state index contributed by atoms with van der Waals surface area (Å²) in [5, 5.41) is 3.35. The van der Waals surface area contributed by atoms with Crippen LogP contribution in [0.5, 0.6) is 17.2 Å². The van der Waals surface area contributed by atoms with Crippen molar-refractivity contribution in [1.82, 2.24) is 10.2 Å². The molecule has 0 spiro atoms. The number of hydrogen-bond donors (Lipinski definition) is 1. The topological polar surface area (TPSA) is 69.3 Å². The molecule has 29 heavy (non-hydrogen) atoms. The lowest BCUT2D eigenvalue weighted by atomic mass is 9.93. The van der Waals surface area contributed by atoms with E-state index >= 15 is 0 Å². The number of rotatable bonds is 8. The van der Waals surface area contributed by atoms with Crippen LogP contribution >= 0.6 is 11.6 Å². The average molecular weight is 427 g/mol. The van der Waals surface area contributed by atoms with Gasteiger partial charge in [0.15, 0.2) is 11.5 Å². The average Bonchev–Trinajstić information content (AvgIpc) is 2.75. The highest BCUT2D eigenvalue weighted by atomic mass is 35.5. The molecule has 1 unspecified atom stereocenters. The molecule has 0 saturated carbocycles. The molecule has 2 aliphatic heterocycles. The summed E-state index contributed by atoms with van der Waals surface area (Å²) in [5.74, 6) is 1.18. The van der Waals surface area contributed by atoms with Gasteiger partial charge in [0.05, 0.1) is 23.8 Å². The van der Waals surface area contributed by atoms with E-state index in [1.807, 2.05) is 0 Å². The van der Waals surface area contributed by atoms with E-state index in [4.69, 9.17) is 30.5 Å². The van der Waals surface area contributed by atoms with E-state index in [-0.39, 0.29) is 17.9 Å². The Labute approximate surface area is 177 Å². The molecule has 2 aliphatic rings. The Hall–Kier alpha value is -1.70. The predicted octanol–water partition coefficient (Wildman–Crippen LogP) is 2.99. The Bertz CT molecular complexity index is 715. The van der Waals surface area contributed by atoms with Crippen LogP contribution in [0.4, 0.5) is 0 Å². The monoisotopic (exact) mass is 426 g/mol. The van der Waals surface area contributed by atoms with Gasteiger partial charge in [-0.1, -0.05) is 24.9 Å². The summed E-state index contributed by atoms with van der Waals surface area (Å²) >= 11 is 6.30. The fourth-order valence-corrected chi connectivity index (χ4v) is 4.22. The highest BCUT2D eigenvalue weighted by Gasteiger charge is 2.31. The molecule has 8 heteroatoms. The first-order chi connectivity index (χ1) is 14.1. The van der Waals surface area contributed by atoms with Gasteiger partial charge in [0.25, 0.3) is 5.91 Å². The minimum Gasteiger partial charge on any atom is -0.491 e. The molecule has 1 fully saturated rings. The molecule has 2 heterocycles. The van der Waals surface area contributed by atoms with Crippen molar-refractivity contribution in [1.29, 1.82) is 0 Å². The number of nitrogens with one attached hydrogen (secondary N) is 1. The second kappa shape index (κ2) is 10.4. The third-order valence-corrected chi connectivity index (χ3v) is 5.89. The normalized spacial score (nSPS) is 21.7. The minimum absolute atomic E-state index is 0.105. The molecule has 0 aliphatic carbocycles. The van der Waals surface area contributed by atoms with E-state index < -0.39 is 0 Å². The number of likely N-dealkylation sites (tertiary alicyclic amines) is 1. The van der Waals surface area contributed by atoms with Gasteiger partial charge in [0.1, 0.15) is 13.2 Å². The van der Waals surface area contributed by atoms with Gasteiger partial charge >= 0.3 is 0 Å². The summed E-state index contributed by atoms with van der Waals surface area (Å²) in [6, 6.07) is 1.57. The highest BCUT2D eigenvalue weighted by Crippen LogP contribution is 2.46. The summed E-state index contributed by atoms with van der Waals surface area (Å²) in [4.78, 5) is 15.4. The maximum Gasteiger partial charge on any atom is 0.255 e. The largest absolute Gasteiger partial charge is 0.491 e. The fourth-order valence-electron chi connectivity index (χ4n) is 3.95. The Morgan fingerprint density at radius 1 is 1.31 bits per heavy atom. The van der Waals surface area contributed by atoms with Gasteiger partial charge in [-0.3, -0.25) is 4.79 Å². The van der Waals surface area contributed by atoms with Gasteiger partial charge in [-0.05, 0) is 32.0 Å². The van der Waals surface area contributed by atoms with Crippen molar-refractivity contribution in [2.75, 3.05) is 53.6 Å².